The van der Waals surface area contributed by atoms with Gasteiger partial charge in [0.25, 0.3) is 0 Å². The van der Waals surface area contributed by atoms with E-state index in [0.717, 1.165) is 27.7 Å². The summed E-state index contributed by atoms with van der Waals surface area (Å²) in [5.41, 5.74) is 3.64. The zero-order chi connectivity index (χ0) is 22.1. The monoisotopic (exact) mass is 437 g/mol. The molecular weight excluding hydrogens is 414 g/mol. The molecule has 1 aliphatic heterocycles. The van der Waals surface area contributed by atoms with Crippen molar-refractivity contribution < 1.29 is 9.59 Å². The average molecular weight is 438 g/mol. The van der Waals surface area contributed by atoms with Gasteiger partial charge in [0.05, 0.1) is 12.6 Å². The zero-order valence-corrected chi connectivity index (χ0v) is 18.4. The van der Waals surface area contributed by atoms with E-state index in [1.165, 1.54) is 0 Å². The predicted molar refractivity (Wildman–Crippen MR) is 123 cm³/mol. The number of rotatable bonds is 4. The van der Waals surface area contributed by atoms with Crippen molar-refractivity contribution >= 4 is 46.2 Å². The Hall–Kier alpha value is -3.16. The number of nitrogens with zero attached hydrogens (tertiary/aromatic N) is 3. The van der Waals surface area contributed by atoms with Crippen LogP contribution in [0, 0.1) is 0 Å². The molecule has 0 saturated carbocycles. The number of carbonyl (C=O) groups is 2. The van der Waals surface area contributed by atoms with Crippen molar-refractivity contribution in [2.75, 3.05) is 26.0 Å². The number of nitrogens with one attached hydrogen (secondary N) is 2. The van der Waals surface area contributed by atoms with Gasteiger partial charge in [-0.25, -0.2) is 4.98 Å². The molecule has 2 amide bonds. The first-order valence-corrected chi connectivity index (χ1v) is 10.4. The number of H-pyrrole nitrogens is 1. The summed E-state index contributed by atoms with van der Waals surface area (Å²) < 4.78 is 0. The van der Waals surface area contributed by atoms with Crippen LogP contribution in [0.2, 0.25) is 5.02 Å². The summed E-state index contributed by atoms with van der Waals surface area (Å²) in [6, 6.07) is 9.48. The minimum Gasteiger partial charge on any atom is -0.357 e. The van der Waals surface area contributed by atoms with Gasteiger partial charge in [-0.1, -0.05) is 11.6 Å². The average Bonchev–Trinajstić information content (AvgIpc) is 3.08. The Balaban J connectivity index is 1.48. The summed E-state index contributed by atoms with van der Waals surface area (Å²) in [7, 11) is 3.66. The second-order valence-electron chi connectivity index (χ2n) is 7.91. The molecule has 1 unspecified atom stereocenters. The van der Waals surface area contributed by atoms with Crippen LogP contribution in [0.5, 0.6) is 0 Å². The number of likely N-dealkylation sites (N-methyl/N-ethyl adjacent to an activating group) is 2. The highest BCUT2D eigenvalue weighted by Gasteiger charge is 2.19. The molecule has 160 valence electrons. The topological polar surface area (TPSA) is 81.3 Å². The van der Waals surface area contributed by atoms with Gasteiger partial charge >= 0.3 is 0 Å². The molecule has 3 aromatic rings. The largest absolute Gasteiger partial charge is 0.357 e. The van der Waals surface area contributed by atoms with Gasteiger partial charge in [0.1, 0.15) is 5.82 Å². The first kappa shape index (κ1) is 21.1. The number of fused-ring (bicyclic) bond motifs is 2. The molecule has 1 atom stereocenters. The summed E-state index contributed by atoms with van der Waals surface area (Å²) in [5, 5.41) is 4.50. The van der Waals surface area contributed by atoms with Gasteiger partial charge in [0.15, 0.2) is 0 Å². The van der Waals surface area contributed by atoms with E-state index in [-0.39, 0.29) is 17.9 Å². The fourth-order valence-electron chi connectivity index (χ4n) is 3.65. The van der Waals surface area contributed by atoms with Gasteiger partial charge in [0.2, 0.25) is 11.8 Å². The van der Waals surface area contributed by atoms with Gasteiger partial charge in [-0.2, -0.15) is 0 Å². The second kappa shape index (κ2) is 8.53. The minimum absolute atomic E-state index is 0.0814. The molecule has 1 aromatic carbocycles. The number of hydrogen-bond acceptors (Lipinski definition) is 4. The van der Waals surface area contributed by atoms with Gasteiger partial charge in [-0.3, -0.25) is 14.5 Å². The number of carbonyl (C=O) groups excluding carboxylic acids is 2. The van der Waals surface area contributed by atoms with Crippen LogP contribution in [0.1, 0.15) is 29.8 Å². The molecule has 0 saturated heterocycles. The fraction of sp³-hybridized carbons (Fsp3) is 0.261. The number of pyridine rings is 1. The Bertz CT molecular complexity index is 1190. The van der Waals surface area contributed by atoms with Crippen molar-refractivity contribution in [2.45, 2.75) is 19.5 Å². The van der Waals surface area contributed by atoms with E-state index < -0.39 is 0 Å². The Morgan fingerprint density at radius 2 is 2.10 bits per heavy atom. The Morgan fingerprint density at radius 1 is 1.29 bits per heavy atom. The Kier molecular flexibility index (Phi) is 5.80. The van der Waals surface area contributed by atoms with E-state index in [0.29, 0.717) is 23.9 Å². The van der Waals surface area contributed by atoms with Crippen LogP contribution in [0.25, 0.3) is 17.0 Å². The maximum atomic E-state index is 12.8. The van der Waals surface area contributed by atoms with Crippen LogP contribution in [0.4, 0.5) is 5.82 Å². The van der Waals surface area contributed by atoms with Gasteiger partial charge < -0.3 is 15.2 Å². The Labute approximate surface area is 185 Å². The summed E-state index contributed by atoms with van der Waals surface area (Å²) in [5.74, 6) is 0.370. The lowest BCUT2D eigenvalue weighted by atomic mass is 10.1. The Morgan fingerprint density at radius 3 is 2.90 bits per heavy atom. The molecule has 0 aliphatic carbocycles. The molecule has 0 bridgehead atoms. The van der Waals surface area contributed by atoms with Gasteiger partial charge in [0, 0.05) is 53.0 Å². The van der Waals surface area contributed by atoms with E-state index in [1.807, 2.05) is 49.2 Å². The number of halogens is 1. The quantitative estimate of drug-likeness (QED) is 0.608. The van der Waals surface area contributed by atoms with E-state index in [2.05, 4.69) is 15.3 Å². The molecule has 1 aliphatic rings. The predicted octanol–water partition coefficient (Wildman–Crippen LogP) is 3.83. The van der Waals surface area contributed by atoms with Crippen LogP contribution in [-0.2, 0) is 16.1 Å². The van der Waals surface area contributed by atoms with Crippen molar-refractivity contribution in [2.24, 2.45) is 0 Å². The summed E-state index contributed by atoms with van der Waals surface area (Å²) in [4.78, 5) is 35.9. The lowest BCUT2D eigenvalue weighted by molar-refractivity contribution is -0.126. The number of hydrogen-bond donors (Lipinski definition) is 2. The first-order valence-electron chi connectivity index (χ1n) is 10.0. The smallest absolute Gasteiger partial charge is 0.246 e. The van der Waals surface area contributed by atoms with Crippen LogP contribution in [0.15, 0.2) is 42.6 Å². The fourth-order valence-corrected chi connectivity index (χ4v) is 3.83. The highest BCUT2D eigenvalue weighted by Crippen LogP contribution is 2.26. The molecule has 31 heavy (non-hydrogen) atoms. The van der Waals surface area contributed by atoms with Crippen LogP contribution >= 0.6 is 11.6 Å². The molecule has 3 heterocycles. The third-order valence-corrected chi connectivity index (χ3v) is 5.74. The van der Waals surface area contributed by atoms with Crippen LogP contribution < -0.4 is 5.32 Å². The molecular formula is C23H24ClN5O2. The minimum atomic E-state index is -0.141. The molecule has 7 nitrogen and oxygen atoms in total. The summed E-state index contributed by atoms with van der Waals surface area (Å²) in [6.07, 6.45) is 4.94. The van der Waals surface area contributed by atoms with E-state index >= 15 is 0 Å². The number of aromatic nitrogens is 2. The summed E-state index contributed by atoms with van der Waals surface area (Å²) >= 11 is 6.07. The molecule has 2 aromatic heterocycles. The van der Waals surface area contributed by atoms with E-state index in [4.69, 9.17) is 11.6 Å². The molecule has 8 heteroatoms. The van der Waals surface area contributed by atoms with Crippen molar-refractivity contribution in [3.8, 4) is 0 Å². The van der Waals surface area contributed by atoms with Crippen molar-refractivity contribution in [1.82, 2.24) is 19.8 Å². The third kappa shape index (κ3) is 4.62. The highest BCUT2D eigenvalue weighted by molar-refractivity contribution is 6.31. The lowest BCUT2D eigenvalue weighted by Crippen LogP contribution is -2.28. The molecule has 2 N–H and O–H groups in total. The maximum absolute atomic E-state index is 12.8. The summed E-state index contributed by atoms with van der Waals surface area (Å²) in [6.45, 7) is 2.90. The van der Waals surface area contributed by atoms with Gasteiger partial charge in [-0.05, 0) is 55.9 Å². The van der Waals surface area contributed by atoms with Crippen molar-refractivity contribution in [3.63, 3.8) is 0 Å². The van der Waals surface area contributed by atoms with Crippen LogP contribution in [-0.4, -0.2) is 52.2 Å². The second-order valence-corrected chi connectivity index (χ2v) is 8.35. The zero-order valence-electron chi connectivity index (χ0n) is 17.6. The number of anilines is 1. The first-order chi connectivity index (χ1) is 14.8. The lowest BCUT2D eigenvalue weighted by Gasteiger charge is -2.22. The maximum Gasteiger partial charge on any atom is 0.246 e. The van der Waals surface area contributed by atoms with Crippen LogP contribution in [0.3, 0.4) is 0 Å². The number of aromatic amines is 1. The standard InChI is InChI=1S/C23H24ClN5O2/c1-14(20-10-16-9-18(24)5-6-19(16)26-20)29(3)22(31)7-4-15-8-17-12-28(2)13-21(30)27-23(17)25-11-15/h4-11,14,26H,12-13H2,1-3H3,(H,25,27,30). The molecule has 0 radical (unpaired) electrons. The van der Waals surface area contributed by atoms with E-state index in [1.54, 1.807) is 30.3 Å². The SMILES string of the molecule is CC(c1cc2cc(Cl)ccc2[nH]1)N(C)C(=O)C=Cc1cnc2c(c1)CN(C)CC(=O)N2. The van der Waals surface area contributed by atoms with E-state index in [9.17, 15) is 9.59 Å². The van der Waals surface area contributed by atoms with Crippen molar-refractivity contribution in [1.29, 1.82) is 0 Å². The normalized spacial score (nSPS) is 15.5. The molecule has 0 spiro atoms. The van der Waals surface area contributed by atoms with Gasteiger partial charge in [-0.15, -0.1) is 0 Å². The molecule has 4 rings (SSSR count). The number of amides is 2. The van der Waals surface area contributed by atoms with Crippen molar-refractivity contribution in [3.05, 3.63) is 64.4 Å². The highest BCUT2D eigenvalue weighted by atomic mass is 35.5. The molecule has 0 fully saturated rings. The third-order valence-electron chi connectivity index (χ3n) is 5.50. The number of benzene rings is 1.